The van der Waals surface area contributed by atoms with E-state index in [4.69, 9.17) is 29.1 Å². The molecule has 294 valence electrons. The Morgan fingerprint density at radius 2 is 1.84 bits per heavy atom. The summed E-state index contributed by atoms with van der Waals surface area (Å²) in [6, 6.07) is 14.1. The number of rotatable bonds is 12. The van der Waals surface area contributed by atoms with Crippen molar-refractivity contribution in [1.29, 1.82) is 5.41 Å². The van der Waals surface area contributed by atoms with E-state index in [0.717, 1.165) is 11.8 Å². The molecular formula is C40H36N4O13. The average molecular weight is 781 g/mol. The number of carboxylic acid groups (broad SMARTS) is 1. The van der Waals surface area contributed by atoms with Crippen molar-refractivity contribution < 1.29 is 64.2 Å². The summed E-state index contributed by atoms with van der Waals surface area (Å²) in [4.78, 5) is 24.8. The van der Waals surface area contributed by atoms with E-state index in [0.29, 0.717) is 29.9 Å². The van der Waals surface area contributed by atoms with Crippen molar-refractivity contribution in [3.63, 3.8) is 0 Å². The highest BCUT2D eigenvalue weighted by Crippen LogP contribution is 2.53. The molecule has 2 bridgehead atoms. The largest absolute Gasteiger partial charge is 0.508 e. The number of aromatic hydroxyl groups is 2. The molecule has 3 aromatic carbocycles. The third-order valence-corrected chi connectivity index (χ3v) is 10.2. The van der Waals surface area contributed by atoms with Crippen LogP contribution in [0.25, 0.3) is 5.76 Å². The molecule has 4 aliphatic heterocycles. The minimum absolute atomic E-state index is 0.0191. The number of nitrogens with zero attached hydrogens (tertiary/aromatic N) is 3. The highest BCUT2D eigenvalue weighted by atomic mass is 16.7. The molecule has 1 aliphatic carbocycles. The first kappa shape index (κ1) is 37.4. The molecule has 1 unspecified atom stereocenters. The number of phenols is 2. The highest BCUT2D eigenvalue weighted by molar-refractivity contribution is 6.14. The summed E-state index contributed by atoms with van der Waals surface area (Å²) >= 11 is 0. The van der Waals surface area contributed by atoms with E-state index in [-0.39, 0.29) is 53.3 Å². The van der Waals surface area contributed by atoms with Crippen LogP contribution in [0.5, 0.6) is 34.5 Å². The summed E-state index contributed by atoms with van der Waals surface area (Å²) < 4.78 is 29.9. The Morgan fingerprint density at radius 3 is 2.54 bits per heavy atom. The maximum atomic E-state index is 12.6. The Hall–Kier alpha value is -6.53. The summed E-state index contributed by atoms with van der Waals surface area (Å²) in [6.07, 6.45) is 1.59. The topological polar surface area (TPSA) is 266 Å². The maximum absolute atomic E-state index is 12.6. The van der Waals surface area contributed by atoms with Crippen molar-refractivity contribution in [2.24, 2.45) is 20.9 Å². The minimum atomic E-state index is -2.62. The number of carboxylic acids is 1. The van der Waals surface area contributed by atoms with E-state index >= 15 is 0 Å². The van der Waals surface area contributed by atoms with E-state index in [2.05, 4.69) is 15.0 Å². The van der Waals surface area contributed by atoms with Crippen molar-refractivity contribution in [3.05, 3.63) is 102 Å². The number of aliphatic hydroxyl groups excluding tert-OH is 2. The van der Waals surface area contributed by atoms with Crippen LogP contribution in [-0.4, -0.2) is 108 Å². The number of ether oxygens (including phenoxy) is 5. The number of nitrogens with one attached hydrogen (secondary N) is 1. The first-order valence-electron chi connectivity index (χ1n) is 17.7. The Morgan fingerprint density at radius 1 is 1.04 bits per heavy atom. The quantitative estimate of drug-likeness (QED) is 0.123. The van der Waals surface area contributed by atoms with Gasteiger partial charge in [-0.2, -0.15) is 0 Å². The molecule has 8 N–H and O–H groups in total. The fourth-order valence-electron chi connectivity index (χ4n) is 7.34. The van der Waals surface area contributed by atoms with Gasteiger partial charge in [-0.3, -0.25) is 10.4 Å². The lowest BCUT2D eigenvalue weighted by atomic mass is 9.64. The van der Waals surface area contributed by atoms with E-state index in [1.165, 1.54) is 36.7 Å². The molecule has 0 aromatic heterocycles. The van der Waals surface area contributed by atoms with Crippen molar-refractivity contribution >= 4 is 35.3 Å². The van der Waals surface area contributed by atoms with Crippen molar-refractivity contribution in [2.75, 3.05) is 13.2 Å². The maximum Gasteiger partial charge on any atom is 0.336 e. The van der Waals surface area contributed by atoms with E-state index in [9.17, 15) is 40.5 Å². The lowest BCUT2D eigenvalue weighted by Gasteiger charge is -2.55. The predicted octanol–water partition coefficient (Wildman–Crippen LogP) is 3.15. The summed E-state index contributed by atoms with van der Waals surface area (Å²) in [5.74, 6) is -4.13. The lowest BCUT2D eigenvalue weighted by molar-refractivity contribution is -0.337. The zero-order chi connectivity index (χ0) is 40.1. The van der Waals surface area contributed by atoms with Crippen LogP contribution in [0, 0.1) is 11.3 Å². The fourth-order valence-corrected chi connectivity index (χ4v) is 7.34. The van der Waals surface area contributed by atoms with Crippen LogP contribution in [0.15, 0.2) is 100.0 Å². The number of allylic oxidation sites excluding steroid dienone is 1. The fraction of sp³-hybridized carbons (Fsp3) is 0.275. The van der Waals surface area contributed by atoms with Crippen LogP contribution in [0.3, 0.4) is 0 Å². The Labute approximate surface area is 323 Å². The normalized spacial score (nSPS) is 28.2. The number of phenolic OH excluding ortho intramolecular Hbond substituents is 2. The van der Waals surface area contributed by atoms with Gasteiger partial charge in [-0.1, -0.05) is 30.3 Å². The Balaban J connectivity index is 1.11. The monoisotopic (exact) mass is 780 g/mol. The van der Waals surface area contributed by atoms with Crippen LogP contribution in [-0.2, 0) is 16.1 Å². The van der Waals surface area contributed by atoms with Crippen LogP contribution in [0.1, 0.15) is 29.2 Å². The molecule has 0 saturated carbocycles. The van der Waals surface area contributed by atoms with Crippen molar-refractivity contribution in [3.8, 4) is 34.5 Å². The van der Waals surface area contributed by atoms with Gasteiger partial charge in [0.25, 0.3) is 0 Å². The molecule has 17 heteroatoms. The zero-order valence-electron chi connectivity index (χ0n) is 29.8. The van der Waals surface area contributed by atoms with Gasteiger partial charge in [0.05, 0.1) is 24.8 Å². The van der Waals surface area contributed by atoms with E-state index in [1.807, 2.05) is 0 Å². The molecule has 0 spiro atoms. The molecule has 3 aromatic rings. The highest BCUT2D eigenvalue weighted by Gasteiger charge is 2.69. The summed E-state index contributed by atoms with van der Waals surface area (Å²) in [5.41, 5.74) is -3.34. The molecule has 8 rings (SSSR count). The third kappa shape index (κ3) is 6.75. The van der Waals surface area contributed by atoms with Gasteiger partial charge >= 0.3 is 5.97 Å². The Bertz CT molecular complexity index is 2320. The number of benzene rings is 3. The number of hydrogen-bond donors (Lipinski definition) is 8. The number of aliphatic imine (C=N–C) groups is 3. The molecular weight excluding hydrogens is 744 g/mol. The minimum Gasteiger partial charge on any atom is -0.508 e. The molecule has 1 saturated heterocycles. The number of aliphatic carboxylic acids is 1. The number of carbonyl (C=O) groups is 1. The van der Waals surface area contributed by atoms with Crippen LogP contribution in [0.4, 0.5) is 0 Å². The number of amidine groups is 1. The second kappa shape index (κ2) is 14.5. The van der Waals surface area contributed by atoms with Gasteiger partial charge in [0.1, 0.15) is 65.2 Å². The smallest absolute Gasteiger partial charge is 0.336 e. The standard InChI is InChI=1S/C40H36N4O13/c41-31-9-6-22(44-31)11-13-53-24-7-4-21(5-8-24)28-15-27(46)32-29(55-28)16-30(34(33(32)47)54-18-20-2-1-3-23(45)14-20)56-38-39(51)12-10-25(26-17-42-19-43-26)40(52,37(39)50)35(57-38)36(48)49/h1-10,12,14-16,19,25,28,35,37-38,41,45-47,50-52H,11,13,17-18H2,(H,48,49)/t25-,28?,35+,37-,38+,39+,40+/m0/s1. The SMILES string of the molecule is N=C1C=CC(CCOc2ccc(C3C=C(O)c4c(cc(O[C@@H]5O[C@H](C(=O)O)[C@]6(O)[C@H](C7=NC=NC7)C=C[C@@]5(O)[C@@H]6O)c(OCc5cccc(O)c5)c4O)O3)cc2)=N1. The van der Waals surface area contributed by atoms with Gasteiger partial charge in [0.15, 0.2) is 23.2 Å². The van der Waals surface area contributed by atoms with Crippen molar-refractivity contribution in [1.82, 2.24) is 0 Å². The molecule has 1 fully saturated rings. The first-order valence-corrected chi connectivity index (χ1v) is 17.7. The molecule has 7 atom stereocenters. The average Bonchev–Trinajstić information content (AvgIpc) is 3.86. The van der Waals surface area contributed by atoms with Gasteiger partial charge in [-0.25, -0.2) is 14.8 Å². The third-order valence-electron chi connectivity index (χ3n) is 10.2. The predicted molar refractivity (Wildman–Crippen MR) is 202 cm³/mol. The number of aliphatic hydroxyl groups is 4. The van der Waals surface area contributed by atoms with Crippen LogP contribution in [0.2, 0.25) is 0 Å². The zero-order valence-corrected chi connectivity index (χ0v) is 29.8. The first-order chi connectivity index (χ1) is 27.3. The number of hydrogen-bond acceptors (Lipinski definition) is 15. The molecule has 0 radical (unpaired) electrons. The van der Waals surface area contributed by atoms with Gasteiger partial charge < -0.3 is 59.4 Å². The summed E-state index contributed by atoms with van der Waals surface area (Å²) in [6.45, 7) is 0.0899. The van der Waals surface area contributed by atoms with Gasteiger partial charge in [0.2, 0.25) is 12.0 Å². The van der Waals surface area contributed by atoms with Crippen molar-refractivity contribution in [2.45, 2.75) is 48.8 Å². The molecule has 17 nitrogen and oxygen atoms in total. The number of fused-ring (bicyclic) bond motifs is 3. The second-order valence-corrected chi connectivity index (χ2v) is 13.9. The molecule has 0 amide bonds. The molecule has 4 heterocycles. The lowest BCUT2D eigenvalue weighted by Crippen LogP contribution is -2.78. The van der Waals surface area contributed by atoms with Gasteiger partial charge in [0, 0.05) is 24.3 Å². The van der Waals surface area contributed by atoms with Crippen LogP contribution < -0.4 is 18.9 Å². The molecule has 57 heavy (non-hydrogen) atoms. The van der Waals surface area contributed by atoms with Gasteiger partial charge in [-0.05, 0) is 53.6 Å². The summed E-state index contributed by atoms with van der Waals surface area (Å²) in [7, 11) is 0. The Kier molecular flexibility index (Phi) is 9.53. The van der Waals surface area contributed by atoms with Gasteiger partial charge in [-0.15, -0.1) is 0 Å². The summed E-state index contributed by atoms with van der Waals surface area (Å²) in [5, 5.41) is 86.0. The van der Waals surface area contributed by atoms with Crippen LogP contribution >= 0.6 is 0 Å². The van der Waals surface area contributed by atoms with E-state index < -0.39 is 59.2 Å². The van der Waals surface area contributed by atoms with E-state index in [1.54, 1.807) is 48.6 Å². The second-order valence-electron chi connectivity index (χ2n) is 13.9. The molecule has 5 aliphatic rings.